The molecule has 3 N–H and O–H groups in total. The number of hydrogen-bond acceptors (Lipinski definition) is 5. The van der Waals surface area contributed by atoms with E-state index in [1.165, 1.54) is 4.68 Å². The number of carbonyl (C=O) groups excluding carboxylic acids is 1. The first-order valence-corrected chi connectivity index (χ1v) is 7.05. The summed E-state index contributed by atoms with van der Waals surface area (Å²) in [5, 5.41) is 10.6. The predicted octanol–water partition coefficient (Wildman–Crippen LogP) is -0.0282. The smallest absolute Gasteiger partial charge is 0.241 e. The first kappa shape index (κ1) is 16.6. The molecule has 0 radical (unpaired) electrons. The molecule has 7 nitrogen and oxygen atoms in total. The summed E-state index contributed by atoms with van der Waals surface area (Å²) >= 11 is 0. The third-order valence-corrected chi connectivity index (χ3v) is 3.12. The van der Waals surface area contributed by atoms with Gasteiger partial charge in [0, 0.05) is 31.7 Å². The van der Waals surface area contributed by atoms with Crippen molar-refractivity contribution in [2.75, 3.05) is 13.1 Å². The van der Waals surface area contributed by atoms with Crippen molar-refractivity contribution in [1.29, 1.82) is 0 Å². The molecule has 1 aromatic rings. The molecule has 0 saturated heterocycles. The van der Waals surface area contributed by atoms with Crippen molar-refractivity contribution in [1.82, 2.24) is 25.2 Å². The Morgan fingerprint density at radius 2 is 2.05 bits per heavy atom. The van der Waals surface area contributed by atoms with Gasteiger partial charge >= 0.3 is 0 Å². The summed E-state index contributed by atoms with van der Waals surface area (Å²) in [7, 11) is 0. The quantitative estimate of drug-likeness (QED) is 0.699. The molecule has 0 aliphatic rings. The van der Waals surface area contributed by atoms with Crippen molar-refractivity contribution in [3.05, 3.63) is 11.9 Å². The molecule has 1 heterocycles. The maximum absolute atomic E-state index is 11.8. The Morgan fingerprint density at radius 1 is 1.40 bits per heavy atom. The van der Waals surface area contributed by atoms with E-state index in [4.69, 9.17) is 5.73 Å². The molecule has 0 bridgehead atoms. The highest BCUT2D eigenvalue weighted by Gasteiger charge is 2.13. The molecule has 0 aliphatic heterocycles. The molecule has 0 atom stereocenters. The maximum atomic E-state index is 11.8. The molecule has 0 saturated carbocycles. The SMILES string of the molecule is CC(C)N(CCNC(=O)Cn1cc(CN)nn1)C(C)C. The standard InChI is InChI=1S/C13H26N6O/c1-10(2)19(11(3)4)6-5-15-13(20)9-18-8-12(7-14)16-17-18/h8,10-11H,5-7,9,14H2,1-4H3,(H,15,20). The number of carbonyl (C=O) groups is 1. The van der Waals surface area contributed by atoms with Crippen LogP contribution in [0.15, 0.2) is 6.20 Å². The van der Waals surface area contributed by atoms with Crippen molar-refractivity contribution in [2.24, 2.45) is 5.73 Å². The summed E-state index contributed by atoms with van der Waals surface area (Å²) in [6.45, 7) is 10.6. The van der Waals surface area contributed by atoms with Gasteiger partial charge in [-0.05, 0) is 27.7 Å². The molecule has 1 amide bonds. The van der Waals surface area contributed by atoms with Gasteiger partial charge < -0.3 is 11.1 Å². The van der Waals surface area contributed by atoms with Crippen LogP contribution in [0.2, 0.25) is 0 Å². The summed E-state index contributed by atoms with van der Waals surface area (Å²) in [4.78, 5) is 14.1. The van der Waals surface area contributed by atoms with Gasteiger partial charge in [0.05, 0.1) is 11.9 Å². The number of hydrogen-bond donors (Lipinski definition) is 2. The van der Waals surface area contributed by atoms with Crippen LogP contribution in [0.25, 0.3) is 0 Å². The molecule has 20 heavy (non-hydrogen) atoms. The minimum atomic E-state index is -0.0640. The lowest BCUT2D eigenvalue weighted by Crippen LogP contribution is -2.43. The van der Waals surface area contributed by atoms with E-state index in [9.17, 15) is 4.79 Å². The summed E-state index contributed by atoms with van der Waals surface area (Å²) in [5.74, 6) is -0.0640. The van der Waals surface area contributed by atoms with Gasteiger partial charge in [0.25, 0.3) is 0 Å². The molecular weight excluding hydrogens is 256 g/mol. The first-order chi connectivity index (χ1) is 9.43. The van der Waals surface area contributed by atoms with Crippen LogP contribution in [-0.4, -0.2) is 51.0 Å². The van der Waals surface area contributed by atoms with Gasteiger partial charge in [-0.3, -0.25) is 9.69 Å². The molecular formula is C13H26N6O. The van der Waals surface area contributed by atoms with Crippen molar-refractivity contribution in [3.8, 4) is 0 Å². The topological polar surface area (TPSA) is 89.1 Å². The van der Waals surface area contributed by atoms with E-state index in [0.29, 0.717) is 30.9 Å². The fourth-order valence-corrected chi connectivity index (χ4v) is 2.15. The van der Waals surface area contributed by atoms with Crippen LogP contribution in [0.1, 0.15) is 33.4 Å². The number of nitrogens with two attached hydrogens (primary N) is 1. The maximum Gasteiger partial charge on any atom is 0.241 e. The van der Waals surface area contributed by atoms with Crippen molar-refractivity contribution in [3.63, 3.8) is 0 Å². The Kier molecular flexibility index (Phi) is 6.60. The molecule has 0 aliphatic carbocycles. The Labute approximate surface area is 120 Å². The van der Waals surface area contributed by atoms with Gasteiger partial charge in [0.1, 0.15) is 6.54 Å². The Hall–Kier alpha value is -1.47. The van der Waals surface area contributed by atoms with Crippen LogP contribution in [0.5, 0.6) is 0 Å². The number of rotatable bonds is 8. The summed E-state index contributed by atoms with van der Waals surface area (Å²) < 4.78 is 1.50. The monoisotopic (exact) mass is 282 g/mol. The zero-order valence-electron chi connectivity index (χ0n) is 12.8. The lowest BCUT2D eigenvalue weighted by Gasteiger charge is -2.30. The number of amides is 1. The van der Waals surface area contributed by atoms with Crippen LogP contribution in [0, 0.1) is 0 Å². The van der Waals surface area contributed by atoms with E-state index < -0.39 is 0 Å². The largest absolute Gasteiger partial charge is 0.353 e. The highest BCUT2D eigenvalue weighted by Crippen LogP contribution is 2.03. The van der Waals surface area contributed by atoms with Gasteiger partial charge in [0.2, 0.25) is 5.91 Å². The minimum absolute atomic E-state index is 0.0640. The second kappa shape index (κ2) is 7.96. The van der Waals surface area contributed by atoms with Crippen molar-refractivity contribution >= 4 is 5.91 Å². The average molecular weight is 282 g/mol. The molecule has 0 aromatic carbocycles. The zero-order chi connectivity index (χ0) is 15.1. The van der Waals surface area contributed by atoms with Crippen LogP contribution in [0.3, 0.4) is 0 Å². The van der Waals surface area contributed by atoms with Crippen LogP contribution >= 0.6 is 0 Å². The van der Waals surface area contributed by atoms with Crippen LogP contribution in [0.4, 0.5) is 0 Å². The van der Waals surface area contributed by atoms with Crippen molar-refractivity contribution in [2.45, 2.75) is 52.9 Å². The van der Waals surface area contributed by atoms with Gasteiger partial charge in [0.15, 0.2) is 0 Å². The lowest BCUT2D eigenvalue weighted by atomic mass is 10.2. The fraction of sp³-hybridized carbons (Fsp3) is 0.769. The zero-order valence-corrected chi connectivity index (χ0v) is 12.8. The fourth-order valence-electron chi connectivity index (χ4n) is 2.15. The summed E-state index contributed by atoms with van der Waals surface area (Å²) in [6, 6.07) is 0.934. The van der Waals surface area contributed by atoms with E-state index in [1.807, 2.05) is 0 Å². The van der Waals surface area contributed by atoms with E-state index in [-0.39, 0.29) is 12.5 Å². The van der Waals surface area contributed by atoms with Gasteiger partial charge in [-0.25, -0.2) is 4.68 Å². The molecule has 0 fully saturated rings. The molecule has 0 spiro atoms. The number of aromatic nitrogens is 3. The lowest BCUT2D eigenvalue weighted by molar-refractivity contribution is -0.121. The van der Waals surface area contributed by atoms with Crippen LogP contribution in [-0.2, 0) is 17.9 Å². The number of nitrogens with one attached hydrogen (secondary N) is 1. The van der Waals surface area contributed by atoms with Crippen molar-refractivity contribution < 1.29 is 4.79 Å². The summed E-state index contributed by atoms with van der Waals surface area (Å²) in [5.41, 5.74) is 6.13. The normalized spacial score (nSPS) is 11.6. The van der Waals surface area contributed by atoms with Gasteiger partial charge in [-0.15, -0.1) is 5.10 Å². The minimum Gasteiger partial charge on any atom is -0.353 e. The highest BCUT2D eigenvalue weighted by atomic mass is 16.2. The third-order valence-electron chi connectivity index (χ3n) is 3.12. The molecule has 1 rings (SSSR count). The summed E-state index contributed by atoms with van der Waals surface area (Å²) in [6.07, 6.45) is 1.69. The third kappa shape index (κ3) is 5.26. The first-order valence-electron chi connectivity index (χ1n) is 7.05. The predicted molar refractivity (Wildman–Crippen MR) is 77.9 cm³/mol. The molecule has 7 heteroatoms. The molecule has 0 unspecified atom stereocenters. The second-order valence-corrected chi connectivity index (χ2v) is 5.39. The molecule has 114 valence electrons. The van der Waals surface area contributed by atoms with E-state index in [0.717, 1.165) is 6.54 Å². The average Bonchev–Trinajstić information content (AvgIpc) is 2.81. The Morgan fingerprint density at radius 3 is 2.55 bits per heavy atom. The van der Waals surface area contributed by atoms with Gasteiger partial charge in [-0.2, -0.15) is 0 Å². The van der Waals surface area contributed by atoms with Gasteiger partial charge in [-0.1, -0.05) is 5.21 Å². The number of nitrogens with zero attached hydrogens (tertiary/aromatic N) is 4. The van der Waals surface area contributed by atoms with E-state index in [2.05, 4.69) is 48.2 Å². The van der Waals surface area contributed by atoms with Crippen LogP contribution < -0.4 is 11.1 Å². The Balaban J connectivity index is 2.32. The molecule has 1 aromatic heterocycles. The van der Waals surface area contributed by atoms with E-state index >= 15 is 0 Å². The highest BCUT2D eigenvalue weighted by molar-refractivity contribution is 5.75. The Bertz CT molecular complexity index is 407. The second-order valence-electron chi connectivity index (χ2n) is 5.39. The van der Waals surface area contributed by atoms with E-state index in [1.54, 1.807) is 6.20 Å².